The van der Waals surface area contributed by atoms with Crippen molar-refractivity contribution < 1.29 is 14.3 Å². The predicted octanol–water partition coefficient (Wildman–Crippen LogP) is 3.53. The molecule has 2 aromatic rings. The van der Waals surface area contributed by atoms with E-state index in [1.165, 1.54) is 0 Å². The highest BCUT2D eigenvalue weighted by Gasteiger charge is 2.15. The van der Waals surface area contributed by atoms with Crippen molar-refractivity contribution in [3.63, 3.8) is 0 Å². The topological polar surface area (TPSA) is 67.4 Å². The van der Waals surface area contributed by atoms with Crippen LogP contribution in [0.25, 0.3) is 6.08 Å². The lowest BCUT2D eigenvalue weighted by molar-refractivity contribution is -0.117. The highest BCUT2D eigenvalue weighted by molar-refractivity contribution is 9.10. The molecule has 0 heterocycles. The van der Waals surface area contributed by atoms with Gasteiger partial charge in [-0.3, -0.25) is 9.59 Å². The van der Waals surface area contributed by atoms with Crippen molar-refractivity contribution in [2.24, 2.45) is 0 Å². The number of benzene rings is 2. The third-order valence-corrected chi connectivity index (χ3v) is 4.14. The molecule has 0 saturated carbocycles. The van der Waals surface area contributed by atoms with Gasteiger partial charge in [-0.05, 0) is 51.8 Å². The van der Waals surface area contributed by atoms with Crippen molar-refractivity contribution in [3.05, 3.63) is 82.5 Å². The van der Waals surface area contributed by atoms with Gasteiger partial charge in [0.15, 0.2) is 0 Å². The van der Waals surface area contributed by atoms with Gasteiger partial charge in [-0.2, -0.15) is 0 Å². The number of carbonyl (C=O) groups is 2. The summed E-state index contributed by atoms with van der Waals surface area (Å²) < 4.78 is 5.77. The molecule has 0 aliphatic rings. The highest BCUT2D eigenvalue weighted by Crippen LogP contribution is 2.17. The average Bonchev–Trinajstić information content (AvgIpc) is 2.66. The van der Waals surface area contributed by atoms with Gasteiger partial charge in [0.05, 0.1) is 12.7 Å². The van der Waals surface area contributed by atoms with Crippen LogP contribution in [0, 0.1) is 0 Å². The van der Waals surface area contributed by atoms with Gasteiger partial charge in [0, 0.05) is 11.0 Å². The Morgan fingerprint density at radius 2 is 1.85 bits per heavy atom. The molecular weight excluding hydrogens is 396 g/mol. The van der Waals surface area contributed by atoms with Gasteiger partial charge in [0.25, 0.3) is 11.8 Å². The lowest BCUT2D eigenvalue weighted by atomic mass is 10.1. The number of hydrogen-bond donors (Lipinski definition) is 2. The Labute approximate surface area is 160 Å². The number of nitrogens with one attached hydrogen (secondary N) is 2. The van der Waals surface area contributed by atoms with E-state index in [1.54, 1.807) is 61.7 Å². The number of methoxy groups -OCH3 is 1. The van der Waals surface area contributed by atoms with E-state index in [0.29, 0.717) is 22.3 Å². The molecule has 0 spiro atoms. The number of carbonyl (C=O) groups excluding carboxylic acids is 2. The summed E-state index contributed by atoms with van der Waals surface area (Å²) in [5.41, 5.74) is 1.32. The smallest absolute Gasteiger partial charge is 0.268 e. The van der Waals surface area contributed by atoms with Crippen LogP contribution in [0.5, 0.6) is 5.75 Å². The van der Waals surface area contributed by atoms with Gasteiger partial charge in [-0.15, -0.1) is 6.58 Å². The van der Waals surface area contributed by atoms with Crippen molar-refractivity contribution in [2.45, 2.75) is 0 Å². The number of halogens is 1. The Bertz CT molecular complexity index is 829. The van der Waals surface area contributed by atoms with E-state index < -0.39 is 5.91 Å². The maximum absolute atomic E-state index is 12.5. The molecule has 2 aromatic carbocycles. The van der Waals surface area contributed by atoms with Crippen LogP contribution >= 0.6 is 15.9 Å². The molecule has 0 fully saturated rings. The lowest BCUT2D eigenvalue weighted by Gasteiger charge is -2.11. The first kappa shape index (κ1) is 19.5. The van der Waals surface area contributed by atoms with Crippen LogP contribution in [-0.2, 0) is 4.79 Å². The number of rotatable bonds is 7. The Morgan fingerprint density at radius 1 is 1.15 bits per heavy atom. The fraction of sp³-hybridized carbons (Fsp3) is 0.100. The molecule has 0 radical (unpaired) electrons. The molecule has 2 N–H and O–H groups in total. The van der Waals surface area contributed by atoms with Crippen molar-refractivity contribution in [1.29, 1.82) is 0 Å². The Kier molecular flexibility index (Phi) is 7.17. The zero-order chi connectivity index (χ0) is 18.9. The molecule has 26 heavy (non-hydrogen) atoms. The summed E-state index contributed by atoms with van der Waals surface area (Å²) >= 11 is 3.34. The second kappa shape index (κ2) is 9.58. The monoisotopic (exact) mass is 414 g/mol. The predicted molar refractivity (Wildman–Crippen MR) is 106 cm³/mol. The molecular formula is C20H19BrN2O3. The van der Waals surface area contributed by atoms with E-state index in [-0.39, 0.29) is 11.6 Å². The van der Waals surface area contributed by atoms with E-state index in [9.17, 15) is 9.59 Å². The van der Waals surface area contributed by atoms with E-state index in [2.05, 4.69) is 33.1 Å². The summed E-state index contributed by atoms with van der Waals surface area (Å²) in [7, 11) is 1.58. The number of amides is 2. The van der Waals surface area contributed by atoms with Crippen LogP contribution in [0.4, 0.5) is 0 Å². The zero-order valence-corrected chi connectivity index (χ0v) is 15.9. The molecule has 0 unspecified atom stereocenters. The van der Waals surface area contributed by atoms with E-state index in [4.69, 9.17) is 4.74 Å². The summed E-state index contributed by atoms with van der Waals surface area (Å²) in [5, 5.41) is 5.34. The second-order valence-corrected chi connectivity index (χ2v) is 6.12. The molecule has 0 aliphatic carbocycles. The van der Waals surface area contributed by atoms with Crippen molar-refractivity contribution >= 4 is 33.8 Å². The average molecular weight is 415 g/mol. The molecule has 0 aromatic heterocycles. The van der Waals surface area contributed by atoms with Gasteiger partial charge in [-0.1, -0.05) is 30.3 Å². The first-order valence-corrected chi connectivity index (χ1v) is 8.65. The quantitative estimate of drug-likeness (QED) is 0.537. The molecule has 0 atom stereocenters. The summed E-state index contributed by atoms with van der Waals surface area (Å²) in [5.74, 6) is -0.0795. The summed E-state index contributed by atoms with van der Waals surface area (Å²) in [4.78, 5) is 24.9. The van der Waals surface area contributed by atoms with Crippen LogP contribution in [0.1, 0.15) is 15.9 Å². The maximum Gasteiger partial charge on any atom is 0.268 e. The fourth-order valence-electron chi connectivity index (χ4n) is 2.12. The summed E-state index contributed by atoms with van der Waals surface area (Å²) in [6.07, 6.45) is 3.17. The normalized spacial score (nSPS) is 10.8. The lowest BCUT2D eigenvalue weighted by Crippen LogP contribution is -2.35. The SMILES string of the molecule is C=CCNC(=O)/C(=C\c1ccc(OC)cc1)NC(=O)c1ccccc1Br. The zero-order valence-electron chi connectivity index (χ0n) is 14.3. The van der Waals surface area contributed by atoms with Crippen molar-refractivity contribution in [3.8, 4) is 5.75 Å². The highest BCUT2D eigenvalue weighted by atomic mass is 79.9. The van der Waals surface area contributed by atoms with Crippen LogP contribution in [0.15, 0.2) is 71.4 Å². The van der Waals surface area contributed by atoms with Crippen molar-refractivity contribution in [2.75, 3.05) is 13.7 Å². The molecule has 134 valence electrons. The van der Waals surface area contributed by atoms with Gasteiger partial charge < -0.3 is 15.4 Å². The summed E-state index contributed by atoms with van der Waals surface area (Å²) in [6.45, 7) is 3.87. The molecule has 2 amide bonds. The van der Waals surface area contributed by atoms with Crippen molar-refractivity contribution in [1.82, 2.24) is 10.6 Å². The molecule has 0 aliphatic heterocycles. The first-order chi connectivity index (χ1) is 12.5. The minimum atomic E-state index is -0.402. The molecule has 0 saturated heterocycles. The minimum absolute atomic E-state index is 0.137. The van der Waals surface area contributed by atoms with E-state index >= 15 is 0 Å². The Hall–Kier alpha value is -2.86. The Balaban J connectivity index is 2.29. The number of hydrogen-bond acceptors (Lipinski definition) is 3. The van der Waals surface area contributed by atoms with Gasteiger partial charge in [-0.25, -0.2) is 0 Å². The largest absolute Gasteiger partial charge is 0.497 e. The molecule has 5 nitrogen and oxygen atoms in total. The van der Waals surface area contributed by atoms with Crippen LogP contribution < -0.4 is 15.4 Å². The van der Waals surface area contributed by atoms with Crippen LogP contribution in [0.2, 0.25) is 0 Å². The van der Waals surface area contributed by atoms with Gasteiger partial charge in [0.1, 0.15) is 11.4 Å². The standard InChI is InChI=1S/C20H19BrN2O3/c1-3-12-22-20(25)18(13-14-8-10-15(26-2)11-9-14)23-19(24)16-6-4-5-7-17(16)21/h3-11,13H,1,12H2,2H3,(H,22,25)(H,23,24)/b18-13+. The Morgan fingerprint density at radius 3 is 2.46 bits per heavy atom. The van der Waals surface area contributed by atoms with Crippen LogP contribution in [-0.4, -0.2) is 25.5 Å². The molecule has 0 bridgehead atoms. The number of ether oxygens (including phenoxy) is 1. The fourth-order valence-corrected chi connectivity index (χ4v) is 2.59. The van der Waals surface area contributed by atoms with Gasteiger partial charge >= 0.3 is 0 Å². The van der Waals surface area contributed by atoms with E-state index in [0.717, 1.165) is 5.56 Å². The molecule has 6 heteroatoms. The third-order valence-electron chi connectivity index (χ3n) is 3.45. The summed E-state index contributed by atoms with van der Waals surface area (Å²) in [6, 6.07) is 14.2. The third kappa shape index (κ3) is 5.32. The van der Waals surface area contributed by atoms with E-state index in [1.807, 2.05) is 6.07 Å². The minimum Gasteiger partial charge on any atom is -0.497 e. The van der Waals surface area contributed by atoms with Crippen LogP contribution in [0.3, 0.4) is 0 Å². The maximum atomic E-state index is 12.5. The second-order valence-electron chi connectivity index (χ2n) is 5.26. The molecule has 2 rings (SSSR count). The first-order valence-electron chi connectivity index (χ1n) is 7.86. The van der Waals surface area contributed by atoms with Gasteiger partial charge in [0.2, 0.25) is 0 Å².